The third-order valence-electron chi connectivity index (χ3n) is 3.92. The highest BCUT2D eigenvalue weighted by atomic mass is 127. The lowest BCUT2D eigenvalue weighted by atomic mass is 10.1. The van der Waals surface area contributed by atoms with Crippen molar-refractivity contribution in [2.45, 2.75) is 37.4 Å². The second-order valence-corrected chi connectivity index (χ2v) is 7.66. The first kappa shape index (κ1) is 15.1. The number of thioether (sulfide) groups is 1. The summed E-state index contributed by atoms with van der Waals surface area (Å²) in [5.41, 5.74) is 2.09. The van der Waals surface area contributed by atoms with E-state index in [4.69, 9.17) is 5.11 Å². The van der Waals surface area contributed by atoms with Gasteiger partial charge in [-0.15, -0.1) is 0 Å². The molecule has 4 nitrogen and oxygen atoms in total. The summed E-state index contributed by atoms with van der Waals surface area (Å²) in [6, 6.07) is 6.25. The maximum absolute atomic E-state index is 10.8. The lowest BCUT2D eigenvalue weighted by molar-refractivity contribution is -0.133. The van der Waals surface area contributed by atoms with E-state index >= 15 is 0 Å². The number of carboxylic acid groups (broad SMARTS) is 1. The van der Waals surface area contributed by atoms with Gasteiger partial charge in [-0.05, 0) is 59.5 Å². The van der Waals surface area contributed by atoms with E-state index < -0.39 is 5.97 Å². The summed E-state index contributed by atoms with van der Waals surface area (Å²) in [6.07, 6.45) is 5.17. The van der Waals surface area contributed by atoms with Crippen LogP contribution in [0.15, 0.2) is 23.4 Å². The van der Waals surface area contributed by atoms with Crippen molar-refractivity contribution in [1.82, 2.24) is 9.55 Å². The summed E-state index contributed by atoms with van der Waals surface area (Å²) < 4.78 is 3.37. The Kier molecular flexibility index (Phi) is 4.73. The number of hydrogen-bond acceptors (Lipinski definition) is 3. The number of aliphatic carboxylic acids is 1. The number of rotatable bonds is 5. The van der Waals surface area contributed by atoms with Crippen molar-refractivity contribution in [3.05, 3.63) is 21.8 Å². The smallest absolute Gasteiger partial charge is 0.313 e. The van der Waals surface area contributed by atoms with Crippen molar-refractivity contribution in [2.24, 2.45) is 5.92 Å². The van der Waals surface area contributed by atoms with E-state index in [-0.39, 0.29) is 5.75 Å². The van der Waals surface area contributed by atoms with Crippen molar-refractivity contribution in [2.75, 3.05) is 5.75 Å². The average Bonchev–Trinajstić information content (AvgIpc) is 3.05. The third-order valence-corrected chi connectivity index (χ3v) is 5.55. The lowest BCUT2D eigenvalue weighted by Crippen LogP contribution is -2.09. The van der Waals surface area contributed by atoms with Gasteiger partial charge in [0.25, 0.3) is 0 Å². The molecule has 1 saturated carbocycles. The van der Waals surface area contributed by atoms with Crippen molar-refractivity contribution >= 4 is 51.4 Å². The molecule has 0 bridgehead atoms. The predicted molar refractivity (Wildman–Crippen MR) is 92.8 cm³/mol. The van der Waals surface area contributed by atoms with Gasteiger partial charge >= 0.3 is 5.97 Å². The van der Waals surface area contributed by atoms with Crippen molar-refractivity contribution in [1.29, 1.82) is 0 Å². The highest BCUT2D eigenvalue weighted by Crippen LogP contribution is 2.31. The number of fused-ring (bicyclic) bond motifs is 1. The first-order valence-electron chi connectivity index (χ1n) is 7.14. The normalized spacial score (nSPS) is 15.9. The first-order chi connectivity index (χ1) is 10.1. The van der Waals surface area contributed by atoms with Crippen LogP contribution >= 0.6 is 34.4 Å². The van der Waals surface area contributed by atoms with Gasteiger partial charge in [-0.2, -0.15) is 0 Å². The Morgan fingerprint density at radius 3 is 2.90 bits per heavy atom. The van der Waals surface area contributed by atoms with Crippen LogP contribution in [0, 0.1) is 9.49 Å². The van der Waals surface area contributed by atoms with Crippen LogP contribution in [0.25, 0.3) is 11.0 Å². The third kappa shape index (κ3) is 3.53. The van der Waals surface area contributed by atoms with Gasteiger partial charge in [0.15, 0.2) is 5.16 Å². The number of carboxylic acids is 1. The molecule has 0 spiro atoms. The van der Waals surface area contributed by atoms with Crippen LogP contribution in [0.1, 0.15) is 25.7 Å². The van der Waals surface area contributed by atoms with Crippen LogP contribution in [-0.4, -0.2) is 26.4 Å². The summed E-state index contributed by atoms with van der Waals surface area (Å²) >= 11 is 3.60. The molecule has 6 heteroatoms. The number of carbonyl (C=O) groups is 1. The van der Waals surface area contributed by atoms with Gasteiger partial charge in [-0.25, -0.2) is 4.98 Å². The Morgan fingerprint density at radius 1 is 1.43 bits per heavy atom. The van der Waals surface area contributed by atoms with Crippen molar-refractivity contribution < 1.29 is 9.90 Å². The minimum Gasteiger partial charge on any atom is -0.481 e. The second kappa shape index (κ2) is 6.56. The number of imidazole rings is 1. The monoisotopic (exact) mass is 416 g/mol. The molecule has 0 amide bonds. The van der Waals surface area contributed by atoms with Gasteiger partial charge in [-0.3, -0.25) is 4.79 Å². The average molecular weight is 416 g/mol. The Morgan fingerprint density at radius 2 is 2.19 bits per heavy atom. The molecule has 0 unspecified atom stereocenters. The van der Waals surface area contributed by atoms with E-state index in [9.17, 15) is 4.79 Å². The summed E-state index contributed by atoms with van der Waals surface area (Å²) in [6.45, 7) is 0.957. The molecule has 1 heterocycles. The largest absolute Gasteiger partial charge is 0.481 e. The van der Waals surface area contributed by atoms with E-state index in [1.807, 2.05) is 0 Å². The van der Waals surface area contributed by atoms with Gasteiger partial charge in [0.2, 0.25) is 0 Å². The topological polar surface area (TPSA) is 55.1 Å². The van der Waals surface area contributed by atoms with Crippen LogP contribution in [0.3, 0.4) is 0 Å². The standard InChI is InChI=1S/C15H17IN2O2S/c16-11-5-6-13-12(7-11)17-15(21-9-14(19)20)18(13)8-10-3-1-2-4-10/h5-7,10H,1-4,8-9H2,(H,19,20). The Hall–Kier alpha value is -0.760. The predicted octanol–water partition coefficient (Wildman–Crippen LogP) is 4.01. The molecule has 0 saturated heterocycles. The summed E-state index contributed by atoms with van der Waals surface area (Å²) in [5, 5.41) is 9.74. The van der Waals surface area contributed by atoms with Crippen LogP contribution in [-0.2, 0) is 11.3 Å². The molecule has 2 aromatic rings. The molecule has 0 aliphatic heterocycles. The number of benzene rings is 1. The van der Waals surface area contributed by atoms with E-state index in [0.29, 0.717) is 5.92 Å². The second-order valence-electron chi connectivity index (χ2n) is 5.47. The van der Waals surface area contributed by atoms with E-state index in [1.165, 1.54) is 37.4 Å². The zero-order chi connectivity index (χ0) is 14.8. The van der Waals surface area contributed by atoms with Crippen molar-refractivity contribution in [3.8, 4) is 0 Å². The summed E-state index contributed by atoms with van der Waals surface area (Å²) in [5.74, 6) is -0.0367. The highest BCUT2D eigenvalue weighted by molar-refractivity contribution is 14.1. The Bertz CT molecular complexity index is 665. The Balaban J connectivity index is 1.95. The molecule has 1 aliphatic carbocycles. The van der Waals surface area contributed by atoms with Crippen molar-refractivity contribution in [3.63, 3.8) is 0 Å². The number of halogens is 1. The zero-order valence-corrected chi connectivity index (χ0v) is 14.6. The Labute approximate surface area is 141 Å². The molecule has 0 atom stereocenters. The number of nitrogens with zero attached hydrogens (tertiary/aromatic N) is 2. The van der Waals surface area contributed by atoms with Gasteiger partial charge in [0.1, 0.15) is 0 Å². The molecule has 21 heavy (non-hydrogen) atoms. The molecule has 0 radical (unpaired) electrons. The highest BCUT2D eigenvalue weighted by Gasteiger charge is 2.20. The maximum atomic E-state index is 10.8. The van der Waals surface area contributed by atoms with Crippen LogP contribution in [0.4, 0.5) is 0 Å². The van der Waals surface area contributed by atoms with Crippen LogP contribution < -0.4 is 0 Å². The molecular formula is C15H17IN2O2S. The molecular weight excluding hydrogens is 399 g/mol. The van der Waals surface area contributed by atoms with Gasteiger partial charge in [0.05, 0.1) is 16.8 Å². The van der Waals surface area contributed by atoms with Gasteiger partial charge < -0.3 is 9.67 Å². The number of hydrogen-bond donors (Lipinski definition) is 1. The zero-order valence-electron chi connectivity index (χ0n) is 11.6. The van der Waals surface area contributed by atoms with Gasteiger partial charge in [0, 0.05) is 10.1 Å². The summed E-state index contributed by atoms with van der Waals surface area (Å²) in [4.78, 5) is 15.5. The fraction of sp³-hybridized carbons (Fsp3) is 0.467. The quantitative estimate of drug-likeness (QED) is 0.591. The van der Waals surface area contributed by atoms with E-state index in [1.54, 1.807) is 0 Å². The first-order valence-corrected chi connectivity index (χ1v) is 9.20. The molecule has 112 valence electrons. The minimum atomic E-state index is -0.797. The van der Waals surface area contributed by atoms with Crippen LogP contribution in [0.5, 0.6) is 0 Å². The SMILES string of the molecule is O=C(O)CSc1nc2cc(I)ccc2n1CC1CCCC1. The molecule has 1 aromatic heterocycles. The summed E-state index contributed by atoms with van der Waals surface area (Å²) in [7, 11) is 0. The fourth-order valence-corrected chi connectivity index (χ4v) is 4.16. The molecule has 1 fully saturated rings. The number of aromatic nitrogens is 2. The van der Waals surface area contributed by atoms with E-state index in [2.05, 4.69) is 50.3 Å². The van der Waals surface area contributed by atoms with E-state index in [0.717, 1.165) is 26.3 Å². The molecule has 3 rings (SSSR count). The lowest BCUT2D eigenvalue weighted by Gasteiger charge is -2.13. The van der Waals surface area contributed by atoms with Gasteiger partial charge in [-0.1, -0.05) is 24.6 Å². The molecule has 1 aliphatic rings. The molecule has 1 aromatic carbocycles. The fourth-order valence-electron chi connectivity index (χ4n) is 2.94. The molecule has 1 N–H and O–H groups in total. The minimum absolute atomic E-state index is 0.0606. The maximum Gasteiger partial charge on any atom is 0.313 e. The van der Waals surface area contributed by atoms with Crippen LogP contribution in [0.2, 0.25) is 0 Å².